The Hall–Kier alpha value is -1.62. The van der Waals surface area contributed by atoms with E-state index in [4.69, 9.17) is 0 Å². The molecule has 1 aromatic rings. The molecule has 0 heterocycles. The van der Waals surface area contributed by atoms with Gasteiger partial charge < -0.3 is 20.2 Å². The van der Waals surface area contributed by atoms with Crippen molar-refractivity contribution in [3.05, 3.63) is 59.4 Å². The number of aryl methyl sites for hydroxylation is 1. The van der Waals surface area contributed by atoms with E-state index in [0.717, 1.165) is 32.2 Å². The normalized spacial score (nSPS) is 27.4. The van der Waals surface area contributed by atoms with Crippen molar-refractivity contribution >= 4 is 0 Å². The maximum atomic E-state index is 10.8. The van der Waals surface area contributed by atoms with Crippen LogP contribution in [0.5, 0.6) is 0 Å². The van der Waals surface area contributed by atoms with Gasteiger partial charge >= 0.3 is 0 Å². The summed E-state index contributed by atoms with van der Waals surface area (Å²) in [6.45, 7) is 1.14. The lowest BCUT2D eigenvalue weighted by atomic mass is 9.84. The van der Waals surface area contributed by atoms with Gasteiger partial charge in [-0.15, -0.1) is 0 Å². The fraction of sp³-hybridized carbons (Fsp3) is 0.615. The van der Waals surface area contributed by atoms with Gasteiger partial charge in [-0.2, -0.15) is 0 Å². The first-order chi connectivity index (χ1) is 14.4. The summed E-state index contributed by atoms with van der Waals surface area (Å²) in [5, 5.41) is 31.7. The average molecular weight is 414 g/mol. The molecule has 1 aromatic carbocycles. The van der Waals surface area contributed by atoms with E-state index in [9.17, 15) is 15.3 Å². The van der Waals surface area contributed by atoms with Crippen molar-refractivity contribution in [2.45, 2.75) is 63.6 Å². The van der Waals surface area contributed by atoms with Gasteiger partial charge in [-0.3, -0.25) is 0 Å². The maximum Gasteiger partial charge on any atom is 0.0911 e. The number of aliphatic hydroxyl groups is 3. The highest BCUT2D eigenvalue weighted by Gasteiger charge is 2.47. The third-order valence-electron chi connectivity index (χ3n) is 6.82. The molecule has 30 heavy (non-hydrogen) atoms. The standard InChI is InChI=1S/C26H39NO3/c1-27(2)14-8-4-7-11-20-15-21-17-24(29)26(23(21)16-20)25(30)18-22(28)13-12-19-9-5-3-6-10-19/h3,5-6,9-10,15,18,21,23-26,28-30H,4,7-8,11-14,16-17H2,1-2H3/t21-,23-,24+,25?,26+/m0/s1. The fourth-order valence-electron chi connectivity index (χ4n) is 5.27. The third kappa shape index (κ3) is 6.44. The number of nitrogens with zero attached hydrogens (tertiary/aromatic N) is 1. The molecule has 3 rings (SSSR count). The van der Waals surface area contributed by atoms with Crippen LogP contribution in [0.1, 0.15) is 50.5 Å². The molecule has 0 saturated heterocycles. The zero-order chi connectivity index (χ0) is 21.5. The molecule has 3 N–H and O–H groups in total. The minimum absolute atomic E-state index is 0.184. The Bertz CT molecular complexity index is 712. The molecule has 0 spiro atoms. The van der Waals surface area contributed by atoms with Gasteiger partial charge in [0.25, 0.3) is 0 Å². The van der Waals surface area contributed by atoms with E-state index >= 15 is 0 Å². The first-order valence-electron chi connectivity index (χ1n) is 11.6. The molecule has 2 aliphatic rings. The smallest absolute Gasteiger partial charge is 0.0911 e. The number of hydrogen-bond donors (Lipinski definition) is 3. The number of rotatable bonds is 11. The Morgan fingerprint density at radius 3 is 2.63 bits per heavy atom. The fourth-order valence-corrected chi connectivity index (χ4v) is 5.27. The zero-order valence-electron chi connectivity index (χ0n) is 18.6. The number of hydrogen-bond acceptors (Lipinski definition) is 4. The second-order valence-corrected chi connectivity index (χ2v) is 9.49. The number of benzene rings is 1. The van der Waals surface area contributed by atoms with Crippen molar-refractivity contribution in [1.82, 2.24) is 4.90 Å². The Balaban J connectivity index is 1.48. The van der Waals surface area contributed by atoms with Gasteiger partial charge in [0.1, 0.15) is 0 Å². The second kappa shape index (κ2) is 11.1. The van der Waals surface area contributed by atoms with Crippen LogP contribution in [0.15, 0.2) is 53.8 Å². The summed E-state index contributed by atoms with van der Waals surface area (Å²) in [6, 6.07) is 10.1. The highest BCUT2D eigenvalue weighted by Crippen LogP contribution is 2.49. The maximum absolute atomic E-state index is 10.8. The van der Waals surface area contributed by atoms with Crippen LogP contribution < -0.4 is 0 Å². The first kappa shape index (κ1) is 23.1. The predicted octanol–water partition coefficient (Wildman–Crippen LogP) is 4.49. The van der Waals surface area contributed by atoms with E-state index in [1.54, 1.807) is 6.08 Å². The lowest BCUT2D eigenvalue weighted by Crippen LogP contribution is -2.31. The average Bonchev–Trinajstić information content (AvgIpc) is 3.22. The molecule has 166 valence electrons. The molecule has 4 nitrogen and oxygen atoms in total. The minimum atomic E-state index is -0.793. The summed E-state index contributed by atoms with van der Waals surface area (Å²) in [5.41, 5.74) is 2.67. The van der Waals surface area contributed by atoms with Crippen molar-refractivity contribution in [3.8, 4) is 0 Å². The monoisotopic (exact) mass is 413 g/mol. The van der Waals surface area contributed by atoms with E-state index in [1.807, 2.05) is 30.3 Å². The quantitative estimate of drug-likeness (QED) is 0.284. The van der Waals surface area contributed by atoms with Crippen molar-refractivity contribution in [2.75, 3.05) is 20.6 Å². The third-order valence-corrected chi connectivity index (χ3v) is 6.82. The van der Waals surface area contributed by atoms with Crippen LogP contribution in [0, 0.1) is 17.8 Å². The van der Waals surface area contributed by atoms with Gasteiger partial charge in [0, 0.05) is 12.3 Å². The first-order valence-corrected chi connectivity index (χ1v) is 11.6. The van der Waals surface area contributed by atoms with E-state index in [-0.39, 0.29) is 11.7 Å². The number of allylic oxidation sites excluding steroid dienone is 3. The lowest BCUT2D eigenvalue weighted by molar-refractivity contribution is 0.0352. The van der Waals surface area contributed by atoms with Crippen LogP contribution in [0.4, 0.5) is 0 Å². The van der Waals surface area contributed by atoms with Crippen LogP contribution in [-0.2, 0) is 6.42 Å². The van der Waals surface area contributed by atoms with E-state index in [0.29, 0.717) is 18.3 Å². The lowest BCUT2D eigenvalue weighted by Gasteiger charge is -2.25. The van der Waals surface area contributed by atoms with Gasteiger partial charge in [0.15, 0.2) is 0 Å². The van der Waals surface area contributed by atoms with Gasteiger partial charge in [0.2, 0.25) is 0 Å². The van der Waals surface area contributed by atoms with Crippen molar-refractivity contribution in [2.24, 2.45) is 17.8 Å². The minimum Gasteiger partial charge on any atom is -0.513 e. The summed E-state index contributed by atoms with van der Waals surface area (Å²) >= 11 is 0. The molecule has 0 bridgehead atoms. The highest BCUT2D eigenvalue weighted by atomic mass is 16.3. The molecule has 0 aliphatic heterocycles. The molecule has 2 aliphatic carbocycles. The molecule has 4 heteroatoms. The van der Waals surface area contributed by atoms with Crippen molar-refractivity contribution < 1.29 is 15.3 Å². The van der Waals surface area contributed by atoms with Crippen molar-refractivity contribution in [1.29, 1.82) is 0 Å². The van der Waals surface area contributed by atoms with E-state index < -0.39 is 12.2 Å². The van der Waals surface area contributed by atoms with Crippen LogP contribution in [0.25, 0.3) is 0 Å². The van der Waals surface area contributed by atoms with E-state index in [1.165, 1.54) is 30.4 Å². The zero-order valence-corrected chi connectivity index (χ0v) is 18.6. The molecule has 1 unspecified atom stereocenters. The number of aliphatic hydroxyl groups excluding tert-OH is 3. The molecule has 1 saturated carbocycles. The van der Waals surface area contributed by atoms with Crippen LogP contribution in [-0.4, -0.2) is 53.1 Å². The molecule has 0 aromatic heterocycles. The molecular formula is C26H39NO3. The Labute approximate surface area is 181 Å². The molecule has 1 fully saturated rings. The Kier molecular flexibility index (Phi) is 8.55. The molecular weight excluding hydrogens is 374 g/mol. The van der Waals surface area contributed by atoms with Gasteiger partial charge in [-0.05, 0) is 82.6 Å². The van der Waals surface area contributed by atoms with E-state index in [2.05, 4.69) is 25.1 Å². The second-order valence-electron chi connectivity index (χ2n) is 9.49. The molecule has 5 atom stereocenters. The Morgan fingerprint density at radius 1 is 1.13 bits per heavy atom. The van der Waals surface area contributed by atoms with Gasteiger partial charge in [0.05, 0.1) is 18.0 Å². The van der Waals surface area contributed by atoms with Gasteiger partial charge in [-0.1, -0.05) is 48.4 Å². The highest BCUT2D eigenvalue weighted by molar-refractivity contribution is 5.21. The molecule has 0 radical (unpaired) electrons. The summed E-state index contributed by atoms with van der Waals surface area (Å²) < 4.78 is 0. The number of fused-ring (bicyclic) bond motifs is 1. The Morgan fingerprint density at radius 2 is 1.90 bits per heavy atom. The topological polar surface area (TPSA) is 63.9 Å². The predicted molar refractivity (Wildman–Crippen MR) is 122 cm³/mol. The summed E-state index contributed by atoms with van der Waals surface area (Å²) in [5.74, 6) is 0.701. The SMILES string of the molecule is CN(C)CCCCCC1=C[C@H]2C[C@@H](O)[C@H](C(O)C=C(O)CCc3ccccc3)[C@H]2C1. The number of unbranched alkanes of at least 4 members (excludes halogenated alkanes) is 2. The van der Waals surface area contributed by atoms with Crippen LogP contribution in [0.2, 0.25) is 0 Å². The summed E-state index contributed by atoms with van der Waals surface area (Å²) in [7, 11) is 4.23. The van der Waals surface area contributed by atoms with Crippen molar-refractivity contribution in [3.63, 3.8) is 0 Å². The summed E-state index contributed by atoms with van der Waals surface area (Å²) in [4.78, 5) is 2.23. The largest absolute Gasteiger partial charge is 0.513 e. The summed E-state index contributed by atoms with van der Waals surface area (Å²) in [6.07, 6.45) is 10.5. The molecule has 0 amide bonds. The van der Waals surface area contributed by atoms with Crippen LogP contribution in [0.3, 0.4) is 0 Å². The van der Waals surface area contributed by atoms with Gasteiger partial charge in [-0.25, -0.2) is 0 Å². The van der Waals surface area contributed by atoms with Crippen LogP contribution >= 0.6 is 0 Å².